The largest absolute Gasteiger partial charge is 0.486 e. The average Bonchev–Trinajstić information content (AvgIpc) is 3.09. The fourth-order valence-corrected chi connectivity index (χ4v) is 3.92. The minimum atomic E-state index is -2.97. The Kier molecular flexibility index (Phi) is 4.62. The van der Waals surface area contributed by atoms with E-state index in [0.29, 0.717) is 30.1 Å². The summed E-state index contributed by atoms with van der Waals surface area (Å²) in [5.41, 5.74) is 2.27. The van der Waals surface area contributed by atoms with Crippen LogP contribution in [0, 0.1) is 0 Å². The highest BCUT2D eigenvalue weighted by molar-refractivity contribution is 5.90. The number of hydrogen-bond acceptors (Lipinski definition) is 7. The van der Waals surface area contributed by atoms with E-state index in [2.05, 4.69) is 25.4 Å². The molecule has 0 saturated carbocycles. The molecule has 3 aromatic rings. The highest BCUT2D eigenvalue weighted by Crippen LogP contribution is 2.45. The number of nitrogens with zero attached hydrogens (tertiary/aromatic N) is 4. The van der Waals surface area contributed by atoms with Crippen LogP contribution in [-0.2, 0) is 10.7 Å². The van der Waals surface area contributed by atoms with Crippen molar-refractivity contribution >= 4 is 22.4 Å². The Labute approximate surface area is 172 Å². The highest BCUT2D eigenvalue weighted by Gasteiger charge is 2.42. The number of nitrogens with one attached hydrogen (secondary N) is 1. The number of alkyl halides is 2. The van der Waals surface area contributed by atoms with Gasteiger partial charge in [0.25, 0.3) is 0 Å². The third-order valence-corrected chi connectivity index (χ3v) is 5.53. The lowest BCUT2D eigenvalue weighted by Gasteiger charge is -2.28. The minimum absolute atomic E-state index is 0.0751. The predicted octanol–water partition coefficient (Wildman–Crippen LogP) is 3.52. The summed E-state index contributed by atoms with van der Waals surface area (Å²) in [6.45, 7) is 4.21. The van der Waals surface area contributed by atoms with E-state index in [4.69, 9.17) is 9.47 Å². The Morgan fingerprint density at radius 2 is 2.03 bits per heavy atom. The fraction of sp³-hybridized carbons (Fsp3) is 0.381. The van der Waals surface area contributed by atoms with Gasteiger partial charge in [-0.3, -0.25) is 4.98 Å². The van der Waals surface area contributed by atoms with Gasteiger partial charge in [-0.15, -0.1) is 5.10 Å². The number of ether oxygens (including phenoxy) is 2. The zero-order valence-electron chi connectivity index (χ0n) is 16.4. The van der Waals surface area contributed by atoms with Gasteiger partial charge >= 0.3 is 5.92 Å². The third kappa shape index (κ3) is 3.28. The molecule has 2 aromatic heterocycles. The Balaban J connectivity index is 1.48. The number of benzene rings is 1. The summed E-state index contributed by atoms with van der Waals surface area (Å²) in [5, 5.41) is 12.4. The van der Waals surface area contributed by atoms with Crippen LogP contribution in [0.5, 0.6) is 5.75 Å². The molecular weight excluding hydrogens is 392 g/mol. The molecule has 1 fully saturated rings. The van der Waals surface area contributed by atoms with E-state index >= 15 is 0 Å². The molecule has 2 aliphatic rings. The van der Waals surface area contributed by atoms with E-state index in [1.54, 1.807) is 18.3 Å². The van der Waals surface area contributed by atoms with Gasteiger partial charge in [-0.05, 0) is 19.1 Å². The zero-order valence-corrected chi connectivity index (χ0v) is 16.4. The Morgan fingerprint density at radius 3 is 2.87 bits per heavy atom. The van der Waals surface area contributed by atoms with Crippen LogP contribution in [0.4, 0.5) is 20.3 Å². The van der Waals surface area contributed by atoms with Gasteiger partial charge < -0.3 is 19.7 Å². The lowest BCUT2D eigenvalue weighted by Crippen LogP contribution is -2.36. The van der Waals surface area contributed by atoms with Crippen molar-refractivity contribution in [3.8, 4) is 5.75 Å². The van der Waals surface area contributed by atoms with Gasteiger partial charge in [0.1, 0.15) is 5.75 Å². The molecule has 0 amide bonds. The SMILES string of the molecule is C[C@@H](Nc1nncc2ncc(N3CCOCC3)cc12)c1cccc2c1OCC2(F)F. The van der Waals surface area contributed by atoms with E-state index in [-0.39, 0.29) is 17.4 Å². The van der Waals surface area contributed by atoms with Crippen molar-refractivity contribution in [1.82, 2.24) is 15.2 Å². The molecule has 1 atom stereocenters. The van der Waals surface area contributed by atoms with Crippen LogP contribution in [-0.4, -0.2) is 48.1 Å². The molecule has 2 aliphatic heterocycles. The second-order valence-electron chi connectivity index (χ2n) is 7.50. The van der Waals surface area contributed by atoms with E-state index < -0.39 is 12.5 Å². The molecule has 7 nitrogen and oxygen atoms in total. The van der Waals surface area contributed by atoms with Gasteiger partial charge in [0.05, 0.1) is 48.4 Å². The molecule has 156 valence electrons. The van der Waals surface area contributed by atoms with Crippen LogP contribution in [0.25, 0.3) is 10.9 Å². The van der Waals surface area contributed by atoms with Crippen molar-refractivity contribution < 1.29 is 18.3 Å². The van der Waals surface area contributed by atoms with Crippen molar-refractivity contribution in [2.24, 2.45) is 0 Å². The molecule has 1 aromatic carbocycles. The van der Waals surface area contributed by atoms with Gasteiger partial charge in [-0.25, -0.2) is 0 Å². The quantitative estimate of drug-likeness (QED) is 0.702. The van der Waals surface area contributed by atoms with Crippen molar-refractivity contribution in [3.63, 3.8) is 0 Å². The number of rotatable bonds is 4. The summed E-state index contributed by atoms with van der Waals surface area (Å²) in [5.74, 6) is -2.19. The van der Waals surface area contributed by atoms with Gasteiger partial charge in [0.2, 0.25) is 0 Å². The number of aromatic nitrogens is 3. The first-order valence-corrected chi connectivity index (χ1v) is 9.87. The number of anilines is 2. The molecular formula is C21H21F2N5O2. The first-order chi connectivity index (χ1) is 14.5. The monoisotopic (exact) mass is 413 g/mol. The molecule has 1 saturated heterocycles. The molecule has 5 rings (SSSR count). The zero-order chi connectivity index (χ0) is 20.7. The van der Waals surface area contributed by atoms with Crippen molar-refractivity contribution in [1.29, 1.82) is 0 Å². The molecule has 9 heteroatoms. The highest BCUT2D eigenvalue weighted by atomic mass is 19.3. The minimum Gasteiger partial charge on any atom is -0.486 e. The molecule has 0 aliphatic carbocycles. The van der Waals surface area contributed by atoms with Gasteiger partial charge in [-0.1, -0.05) is 12.1 Å². The van der Waals surface area contributed by atoms with E-state index in [9.17, 15) is 8.78 Å². The van der Waals surface area contributed by atoms with Gasteiger partial charge in [0, 0.05) is 24.0 Å². The maximum Gasteiger partial charge on any atom is 0.310 e. The lowest BCUT2D eigenvalue weighted by molar-refractivity contribution is -0.0214. The number of halogens is 2. The van der Waals surface area contributed by atoms with Crippen LogP contribution in [0.2, 0.25) is 0 Å². The van der Waals surface area contributed by atoms with E-state index in [1.165, 1.54) is 6.07 Å². The fourth-order valence-electron chi connectivity index (χ4n) is 3.92. The van der Waals surface area contributed by atoms with Crippen LogP contribution in [0.15, 0.2) is 36.7 Å². The van der Waals surface area contributed by atoms with Crippen LogP contribution >= 0.6 is 0 Å². The smallest absolute Gasteiger partial charge is 0.310 e. The second kappa shape index (κ2) is 7.32. The Bertz CT molecular complexity index is 1090. The summed E-state index contributed by atoms with van der Waals surface area (Å²) in [6.07, 6.45) is 3.43. The summed E-state index contributed by atoms with van der Waals surface area (Å²) >= 11 is 0. The van der Waals surface area contributed by atoms with Crippen molar-refractivity contribution in [2.45, 2.75) is 18.9 Å². The maximum absolute atomic E-state index is 14.0. The maximum atomic E-state index is 14.0. The summed E-state index contributed by atoms with van der Waals surface area (Å²) in [4.78, 5) is 6.74. The summed E-state index contributed by atoms with van der Waals surface area (Å²) < 4.78 is 38.9. The molecule has 0 unspecified atom stereocenters. The molecule has 0 bridgehead atoms. The number of pyridine rings is 1. The Morgan fingerprint density at radius 1 is 1.20 bits per heavy atom. The van der Waals surface area contributed by atoms with Crippen LogP contribution in [0.1, 0.15) is 24.1 Å². The second-order valence-corrected chi connectivity index (χ2v) is 7.50. The molecule has 1 N–H and O–H groups in total. The van der Waals surface area contributed by atoms with Gasteiger partial charge in [0.15, 0.2) is 12.4 Å². The average molecular weight is 413 g/mol. The third-order valence-electron chi connectivity index (χ3n) is 5.53. The summed E-state index contributed by atoms with van der Waals surface area (Å²) in [6, 6.07) is 6.53. The number of morpholine rings is 1. The van der Waals surface area contributed by atoms with Gasteiger partial charge in [-0.2, -0.15) is 13.9 Å². The van der Waals surface area contributed by atoms with Crippen molar-refractivity contribution in [3.05, 3.63) is 47.8 Å². The molecule has 0 radical (unpaired) electrons. The standard InChI is InChI=1S/C21H21F2N5O2/c1-13(15-3-2-4-17-19(15)30-12-21(17,22)23)26-20-16-9-14(28-5-7-29-8-6-28)10-24-18(16)11-25-27-20/h2-4,9-11,13H,5-8,12H2,1H3,(H,26,27)/t13-/m1/s1. The lowest BCUT2D eigenvalue weighted by atomic mass is 10.0. The van der Waals surface area contributed by atoms with Crippen LogP contribution < -0.4 is 15.0 Å². The Hall–Kier alpha value is -3.07. The summed E-state index contributed by atoms with van der Waals surface area (Å²) in [7, 11) is 0. The first kappa shape index (κ1) is 18.9. The molecule has 0 spiro atoms. The molecule has 30 heavy (non-hydrogen) atoms. The predicted molar refractivity (Wildman–Crippen MR) is 108 cm³/mol. The molecule has 4 heterocycles. The topological polar surface area (TPSA) is 72.4 Å². The normalized spacial score (nSPS) is 18.7. The van der Waals surface area contributed by atoms with E-state index in [0.717, 1.165) is 24.2 Å². The number of fused-ring (bicyclic) bond motifs is 2. The van der Waals surface area contributed by atoms with E-state index in [1.807, 2.05) is 19.2 Å². The van der Waals surface area contributed by atoms with Crippen LogP contribution in [0.3, 0.4) is 0 Å². The first-order valence-electron chi connectivity index (χ1n) is 9.87. The van der Waals surface area contributed by atoms with Crippen molar-refractivity contribution in [2.75, 3.05) is 43.1 Å². The number of hydrogen-bond donors (Lipinski definition) is 1. The number of para-hydroxylation sites is 1.